The Labute approximate surface area is 211 Å². The minimum atomic E-state index is -0.182. The lowest BCUT2D eigenvalue weighted by atomic mass is 9.99. The second kappa shape index (κ2) is 10.4. The number of aryl methyl sites for hydroxylation is 1. The third-order valence-electron chi connectivity index (χ3n) is 6.16. The van der Waals surface area contributed by atoms with Gasteiger partial charge in [-0.05, 0) is 50.6 Å². The number of halogens is 1. The second-order valence-corrected chi connectivity index (χ2v) is 8.81. The summed E-state index contributed by atoms with van der Waals surface area (Å²) in [5.41, 5.74) is 4.02. The van der Waals surface area contributed by atoms with Gasteiger partial charge in [0.25, 0.3) is 5.91 Å². The Morgan fingerprint density at radius 3 is 2.60 bits per heavy atom. The van der Waals surface area contributed by atoms with Crippen LogP contribution in [0, 0.1) is 0 Å². The fourth-order valence-corrected chi connectivity index (χ4v) is 4.67. The first kappa shape index (κ1) is 24.7. The molecule has 0 N–H and O–H groups in total. The van der Waals surface area contributed by atoms with E-state index in [0.29, 0.717) is 48.3 Å². The van der Waals surface area contributed by atoms with E-state index in [-0.39, 0.29) is 11.9 Å². The normalized spacial score (nSPS) is 14.9. The van der Waals surface area contributed by atoms with E-state index in [1.807, 2.05) is 57.4 Å². The number of carbonyl (C=O) groups excluding carboxylic acids is 1. The molecule has 3 aromatic rings. The van der Waals surface area contributed by atoms with Gasteiger partial charge in [-0.3, -0.25) is 9.48 Å². The first-order chi connectivity index (χ1) is 16.8. The van der Waals surface area contributed by atoms with E-state index in [1.54, 1.807) is 28.8 Å². The number of nitrogens with zero attached hydrogens (tertiary/aromatic N) is 4. The molecule has 1 aliphatic heterocycles. The Morgan fingerprint density at radius 1 is 1.17 bits per heavy atom. The van der Waals surface area contributed by atoms with Crippen LogP contribution in [0.15, 0.2) is 55.2 Å². The number of benzene rings is 2. The molecule has 184 valence electrons. The Bertz CT molecular complexity index is 1240. The van der Waals surface area contributed by atoms with Gasteiger partial charge in [0.05, 0.1) is 35.5 Å². The Balaban J connectivity index is 1.63. The Hall–Kier alpha value is -3.45. The zero-order valence-electron chi connectivity index (χ0n) is 20.6. The predicted molar refractivity (Wildman–Crippen MR) is 139 cm³/mol. The predicted octanol–water partition coefficient (Wildman–Crippen LogP) is 5.57. The Kier molecular flexibility index (Phi) is 7.36. The zero-order chi connectivity index (χ0) is 25.1. The molecule has 35 heavy (non-hydrogen) atoms. The lowest BCUT2D eigenvalue weighted by Gasteiger charge is -2.37. The summed E-state index contributed by atoms with van der Waals surface area (Å²) in [6.45, 7) is 10.1. The van der Waals surface area contributed by atoms with Crippen molar-refractivity contribution in [1.82, 2.24) is 14.7 Å². The van der Waals surface area contributed by atoms with Gasteiger partial charge in [0, 0.05) is 38.1 Å². The van der Waals surface area contributed by atoms with Gasteiger partial charge in [0.1, 0.15) is 5.69 Å². The van der Waals surface area contributed by atoms with E-state index in [4.69, 9.17) is 26.2 Å². The molecule has 7 nitrogen and oxygen atoms in total. The van der Waals surface area contributed by atoms with Crippen molar-refractivity contribution in [1.29, 1.82) is 0 Å². The maximum atomic E-state index is 13.3. The molecule has 0 radical (unpaired) electrons. The SMILES string of the molecule is C=C(c1ccc(OCC)c(OCC)c1)N1CCC(N(C)C(=O)c2ccccc2Cl)c2nn(C)cc21. The van der Waals surface area contributed by atoms with Crippen LogP contribution in [0.4, 0.5) is 5.69 Å². The van der Waals surface area contributed by atoms with E-state index in [2.05, 4.69) is 11.5 Å². The average Bonchev–Trinajstić information content (AvgIpc) is 3.25. The minimum Gasteiger partial charge on any atom is -0.490 e. The summed E-state index contributed by atoms with van der Waals surface area (Å²) in [5.74, 6) is 1.28. The largest absolute Gasteiger partial charge is 0.490 e. The smallest absolute Gasteiger partial charge is 0.255 e. The third kappa shape index (κ3) is 4.86. The minimum absolute atomic E-state index is 0.127. The van der Waals surface area contributed by atoms with Gasteiger partial charge < -0.3 is 19.3 Å². The van der Waals surface area contributed by atoms with Crippen LogP contribution < -0.4 is 14.4 Å². The van der Waals surface area contributed by atoms with Crippen LogP contribution in [0.5, 0.6) is 11.5 Å². The molecule has 1 amide bonds. The molecule has 8 heteroatoms. The maximum absolute atomic E-state index is 13.3. The average molecular weight is 495 g/mol. The van der Waals surface area contributed by atoms with E-state index in [9.17, 15) is 4.79 Å². The maximum Gasteiger partial charge on any atom is 0.255 e. The highest BCUT2D eigenvalue weighted by Crippen LogP contribution is 2.41. The molecule has 0 aliphatic carbocycles. The molecule has 0 saturated heterocycles. The van der Waals surface area contributed by atoms with Crippen molar-refractivity contribution in [2.45, 2.75) is 26.3 Å². The molecule has 1 unspecified atom stereocenters. The molecule has 1 aromatic heterocycles. The lowest BCUT2D eigenvalue weighted by molar-refractivity contribution is 0.0717. The summed E-state index contributed by atoms with van der Waals surface area (Å²) in [5, 5.41) is 5.17. The van der Waals surface area contributed by atoms with Crippen LogP contribution >= 0.6 is 11.6 Å². The van der Waals surface area contributed by atoms with Crippen LogP contribution in [-0.2, 0) is 7.05 Å². The van der Waals surface area contributed by atoms with Crippen molar-refractivity contribution in [3.05, 3.63) is 77.1 Å². The lowest BCUT2D eigenvalue weighted by Crippen LogP contribution is -2.38. The molecule has 1 atom stereocenters. The van der Waals surface area contributed by atoms with Gasteiger partial charge in [0.15, 0.2) is 11.5 Å². The molecular weight excluding hydrogens is 464 g/mol. The summed E-state index contributed by atoms with van der Waals surface area (Å²) in [4.78, 5) is 17.1. The quantitative estimate of drug-likeness (QED) is 0.410. The van der Waals surface area contributed by atoms with Crippen LogP contribution in [-0.4, -0.2) is 47.4 Å². The number of rotatable bonds is 8. The van der Waals surface area contributed by atoms with Gasteiger partial charge in [-0.2, -0.15) is 5.10 Å². The van der Waals surface area contributed by atoms with E-state index in [1.165, 1.54) is 0 Å². The highest BCUT2D eigenvalue weighted by molar-refractivity contribution is 6.33. The van der Waals surface area contributed by atoms with Crippen LogP contribution in [0.3, 0.4) is 0 Å². The summed E-state index contributed by atoms with van der Waals surface area (Å²) in [6.07, 6.45) is 2.67. The number of aromatic nitrogens is 2. The number of amides is 1. The van der Waals surface area contributed by atoms with Gasteiger partial charge in [-0.15, -0.1) is 0 Å². The van der Waals surface area contributed by atoms with Crippen molar-refractivity contribution in [2.75, 3.05) is 31.7 Å². The summed E-state index contributed by atoms with van der Waals surface area (Å²) >= 11 is 6.30. The van der Waals surface area contributed by atoms with Gasteiger partial charge >= 0.3 is 0 Å². The second-order valence-electron chi connectivity index (χ2n) is 8.40. The summed E-state index contributed by atoms with van der Waals surface area (Å²) in [7, 11) is 3.69. The van der Waals surface area contributed by atoms with E-state index in [0.717, 1.165) is 22.6 Å². The zero-order valence-corrected chi connectivity index (χ0v) is 21.4. The first-order valence-corrected chi connectivity index (χ1v) is 12.1. The molecule has 0 spiro atoms. The molecule has 0 bridgehead atoms. The Morgan fingerprint density at radius 2 is 1.89 bits per heavy atom. The molecule has 1 aliphatic rings. The third-order valence-corrected chi connectivity index (χ3v) is 6.49. The molecule has 2 aromatic carbocycles. The molecule has 4 rings (SSSR count). The first-order valence-electron chi connectivity index (χ1n) is 11.8. The van der Waals surface area contributed by atoms with Crippen molar-refractivity contribution < 1.29 is 14.3 Å². The van der Waals surface area contributed by atoms with Crippen LogP contribution in [0.25, 0.3) is 5.70 Å². The topological polar surface area (TPSA) is 59.8 Å². The van der Waals surface area contributed by atoms with E-state index < -0.39 is 0 Å². The van der Waals surface area contributed by atoms with Crippen molar-refractivity contribution >= 4 is 28.9 Å². The van der Waals surface area contributed by atoms with E-state index >= 15 is 0 Å². The van der Waals surface area contributed by atoms with Crippen molar-refractivity contribution in [2.24, 2.45) is 7.05 Å². The molecule has 0 saturated carbocycles. The number of anilines is 1. The van der Waals surface area contributed by atoms with Crippen LogP contribution in [0.2, 0.25) is 5.02 Å². The number of carbonyl (C=O) groups is 1. The summed E-state index contributed by atoms with van der Waals surface area (Å²) in [6, 6.07) is 12.8. The van der Waals surface area contributed by atoms with Crippen LogP contribution in [0.1, 0.15) is 47.9 Å². The summed E-state index contributed by atoms with van der Waals surface area (Å²) < 4.78 is 13.3. The van der Waals surface area contributed by atoms with Crippen molar-refractivity contribution in [3.63, 3.8) is 0 Å². The molecule has 0 fully saturated rings. The van der Waals surface area contributed by atoms with Gasteiger partial charge in [0.2, 0.25) is 0 Å². The fraction of sp³-hybridized carbons (Fsp3) is 0.333. The number of hydrogen-bond acceptors (Lipinski definition) is 5. The molecular formula is C27H31ClN4O3. The highest BCUT2D eigenvalue weighted by atomic mass is 35.5. The monoisotopic (exact) mass is 494 g/mol. The standard InChI is InChI=1S/C27H31ClN4O3/c1-6-34-24-13-12-19(16-25(24)35-7-2)18(3)32-15-14-22(26-23(32)17-30(4)29-26)31(5)27(33)20-10-8-9-11-21(20)28/h8-13,16-17,22H,3,6-7,14-15H2,1-2,4-5H3. The van der Waals surface area contributed by atoms with Crippen molar-refractivity contribution in [3.8, 4) is 11.5 Å². The fourth-order valence-electron chi connectivity index (χ4n) is 4.46. The molecule has 2 heterocycles. The van der Waals surface area contributed by atoms with Gasteiger partial charge in [-0.25, -0.2) is 0 Å². The van der Waals surface area contributed by atoms with Gasteiger partial charge in [-0.1, -0.05) is 30.3 Å². The highest BCUT2D eigenvalue weighted by Gasteiger charge is 2.35. The number of fused-ring (bicyclic) bond motifs is 1. The number of ether oxygens (including phenoxy) is 2. The number of hydrogen-bond donors (Lipinski definition) is 0.